The number of nitrogens with one attached hydrogen (secondary N) is 1. The highest BCUT2D eigenvalue weighted by Crippen LogP contribution is 2.34. The van der Waals surface area contributed by atoms with Gasteiger partial charge in [0.1, 0.15) is 0 Å². The minimum Gasteiger partial charge on any atom is -0.314 e. The van der Waals surface area contributed by atoms with Crippen molar-refractivity contribution in [2.45, 2.75) is 59.9 Å². The molecule has 108 valence electrons. The van der Waals surface area contributed by atoms with Gasteiger partial charge in [0, 0.05) is 12.6 Å². The molecule has 0 radical (unpaired) electrons. The molecule has 0 spiro atoms. The van der Waals surface area contributed by atoms with Gasteiger partial charge in [-0.15, -0.1) is 0 Å². The maximum atomic E-state index is 3.74. The molecule has 2 heteroatoms. The highest BCUT2D eigenvalue weighted by atomic mass is 15.1. The molecule has 2 nitrogen and oxygen atoms in total. The van der Waals surface area contributed by atoms with Crippen molar-refractivity contribution < 1.29 is 0 Å². The third-order valence-corrected chi connectivity index (χ3v) is 4.60. The van der Waals surface area contributed by atoms with Crippen LogP contribution in [-0.2, 0) is 0 Å². The summed E-state index contributed by atoms with van der Waals surface area (Å²) in [5, 5.41) is 3.74. The lowest BCUT2D eigenvalue weighted by Crippen LogP contribution is -2.49. The van der Waals surface area contributed by atoms with Crippen LogP contribution in [0.15, 0.2) is 0 Å². The average Bonchev–Trinajstić information content (AvgIpc) is 2.32. The van der Waals surface area contributed by atoms with E-state index in [1.54, 1.807) is 0 Å². The van der Waals surface area contributed by atoms with Gasteiger partial charge in [0.25, 0.3) is 0 Å². The van der Waals surface area contributed by atoms with Crippen molar-refractivity contribution in [2.75, 3.05) is 26.2 Å². The van der Waals surface area contributed by atoms with Gasteiger partial charge < -0.3 is 10.2 Å². The molecule has 0 aromatic heterocycles. The zero-order valence-corrected chi connectivity index (χ0v) is 13.2. The highest BCUT2D eigenvalue weighted by molar-refractivity contribution is 4.89. The van der Waals surface area contributed by atoms with E-state index in [0.29, 0.717) is 0 Å². The van der Waals surface area contributed by atoms with Gasteiger partial charge in [0.05, 0.1) is 0 Å². The van der Waals surface area contributed by atoms with E-state index in [1.807, 2.05) is 0 Å². The van der Waals surface area contributed by atoms with Gasteiger partial charge in [0.15, 0.2) is 0 Å². The standard InChI is InChI=1S/C16H34N2/c1-6-9-18(8-3)12-15-14(5)10-13(4)11-16(15)17-7-2/h13-17H,6-12H2,1-5H3. The molecule has 0 aliphatic heterocycles. The minimum absolute atomic E-state index is 0.736. The van der Waals surface area contributed by atoms with Crippen molar-refractivity contribution in [1.82, 2.24) is 10.2 Å². The predicted octanol–water partition coefficient (Wildman–Crippen LogP) is 3.38. The first kappa shape index (κ1) is 16.0. The Morgan fingerprint density at radius 2 is 1.83 bits per heavy atom. The van der Waals surface area contributed by atoms with E-state index in [4.69, 9.17) is 0 Å². The van der Waals surface area contributed by atoms with Crippen LogP contribution >= 0.6 is 0 Å². The van der Waals surface area contributed by atoms with E-state index in [9.17, 15) is 0 Å². The Hall–Kier alpha value is -0.0800. The summed E-state index contributed by atoms with van der Waals surface area (Å²) < 4.78 is 0. The Kier molecular flexibility index (Phi) is 7.25. The van der Waals surface area contributed by atoms with Crippen LogP contribution in [0.4, 0.5) is 0 Å². The second-order valence-electron chi connectivity index (χ2n) is 6.28. The van der Waals surface area contributed by atoms with Crippen molar-refractivity contribution in [3.8, 4) is 0 Å². The molecule has 0 bridgehead atoms. The van der Waals surface area contributed by atoms with Crippen LogP contribution in [0.3, 0.4) is 0 Å². The van der Waals surface area contributed by atoms with E-state index >= 15 is 0 Å². The largest absolute Gasteiger partial charge is 0.314 e. The predicted molar refractivity (Wildman–Crippen MR) is 80.9 cm³/mol. The maximum absolute atomic E-state index is 3.74. The summed E-state index contributed by atoms with van der Waals surface area (Å²) >= 11 is 0. The first-order valence-corrected chi connectivity index (χ1v) is 8.07. The molecule has 1 rings (SSSR count). The molecule has 1 fully saturated rings. The Bertz CT molecular complexity index is 217. The molecule has 0 amide bonds. The van der Waals surface area contributed by atoms with Gasteiger partial charge in [-0.2, -0.15) is 0 Å². The van der Waals surface area contributed by atoms with Crippen LogP contribution < -0.4 is 5.32 Å². The van der Waals surface area contributed by atoms with Crippen molar-refractivity contribution in [1.29, 1.82) is 0 Å². The first-order valence-electron chi connectivity index (χ1n) is 8.07. The number of rotatable bonds is 7. The third-order valence-electron chi connectivity index (χ3n) is 4.60. The summed E-state index contributed by atoms with van der Waals surface area (Å²) in [6.45, 7) is 16.6. The molecule has 1 N–H and O–H groups in total. The van der Waals surface area contributed by atoms with Crippen LogP contribution in [0.2, 0.25) is 0 Å². The summed E-state index contributed by atoms with van der Waals surface area (Å²) in [5.74, 6) is 2.60. The van der Waals surface area contributed by atoms with Crippen molar-refractivity contribution in [3.05, 3.63) is 0 Å². The van der Waals surface area contributed by atoms with Gasteiger partial charge in [-0.25, -0.2) is 0 Å². The number of nitrogens with zero attached hydrogens (tertiary/aromatic N) is 1. The molecule has 0 heterocycles. The quantitative estimate of drug-likeness (QED) is 0.749. The minimum atomic E-state index is 0.736. The van der Waals surface area contributed by atoms with E-state index in [2.05, 4.69) is 44.8 Å². The lowest BCUT2D eigenvalue weighted by Gasteiger charge is -2.42. The van der Waals surface area contributed by atoms with E-state index in [-0.39, 0.29) is 0 Å². The Morgan fingerprint density at radius 3 is 2.39 bits per heavy atom. The Balaban J connectivity index is 2.61. The zero-order chi connectivity index (χ0) is 13.5. The molecule has 4 atom stereocenters. The van der Waals surface area contributed by atoms with Crippen molar-refractivity contribution in [2.24, 2.45) is 17.8 Å². The third kappa shape index (κ3) is 4.55. The Labute approximate surface area is 115 Å². The van der Waals surface area contributed by atoms with Crippen LogP contribution in [0, 0.1) is 17.8 Å². The van der Waals surface area contributed by atoms with Crippen molar-refractivity contribution >= 4 is 0 Å². The lowest BCUT2D eigenvalue weighted by molar-refractivity contribution is 0.104. The first-order chi connectivity index (χ1) is 8.62. The van der Waals surface area contributed by atoms with E-state index < -0.39 is 0 Å². The van der Waals surface area contributed by atoms with Crippen LogP contribution in [0.5, 0.6) is 0 Å². The zero-order valence-electron chi connectivity index (χ0n) is 13.2. The lowest BCUT2D eigenvalue weighted by atomic mass is 9.72. The second-order valence-corrected chi connectivity index (χ2v) is 6.28. The monoisotopic (exact) mass is 254 g/mol. The highest BCUT2D eigenvalue weighted by Gasteiger charge is 2.34. The van der Waals surface area contributed by atoms with Gasteiger partial charge in [0.2, 0.25) is 0 Å². The SMILES string of the molecule is CCCN(CC)CC1C(C)CC(C)CC1NCC. The van der Waals surface area contributed by atoms with E-state index in [1.165, 1.54) is 38.9 Å². The summed E-state index contributed by atoms with van der Waals surface area (Å²) in [6.07, 6.45) is 4.06. The fraction of sp³-hybridized carbons (Fsp3) is 1.00. The molecule has 0 aromatic carbocycles. The van der Waals surface area contributed by atoms with Gasteiger partial charge in [-0.3, -0.25) is 0 Å². The maximum Gasteiger partial charge on any atom is 0.0112 e. The molecule has 1 aliphatic carbocycles. The number of hydrogen-bond acceptors (Lipinski definition) is 2. The van der Waals surface area contributed by atoms with Crippen molar-refractivity contribution in [3.63, 3.8) is 0 Å². The fourth-order valence-corrected chi connectivity index (χ4v) is 3.71. The van der Waals surface area contributed by atoms with Gasteiger partial charge in [-0.05, 0) is 56.7 Å². The molecule has 4 unspecified atom stereocenters. The topological polar surface area (TPSA) is 15.3 Å². The number of hydrogen-bond donors (Lipinski definition) is 1. The summed E-state index contributed by atoms with van der Waals surface area (Å²) in [7, 11) is 0. The second kappa shape index (κ2) is 8.16. The Morgan fingerprint density at radius 1 is 1.11 bits per heavy atom. The van der Waals surface area contributed by atoms with Crippen LogP contribution in [0.25, 0.3) is 0 Å². The molecular formula is C16H34N2. The van der Waals surface area contributed by atoms with Crippen LogP contribution in [0.1, 0.15) is 53.9 Å². The molecule has 18 heavy (non-hydrogen) atoms. The average molecular weight is 254 g/mol. The van der Waals surface area contributed by atoms with Crippen LogP contribution in [-0.4, -0.2) is 37.1 Å². The summed E-state index contributed by atoms with van der Waals surface area (Å²) in [5.41, 5.74) is 0. The normalized spacial score (nSPS) is 33.0. The molecule has 0 saturated heterocycles. The van der Waals surface area contributed by atoms with Gasteiger partial charge >= 0.3 is 0 Å². The summed E-state index contributed by atoms with van der Waals surface area (Å²) in [6, 6.07) is 0.736. The molecule has 1 aliphatic rings. The molecule has 1 saturated carbocycles. The van der Waals surface area contributed by atoms with E-state index in [0.717, 1.165) is 30.3 Å². The molecule has 0 aromatic rings. The molecular weight excluding hydrogens is 220 g/mol. The fourth-order valence-electron chi connectivity index (χ4n) is 3.71. The summed E-state index contributed by atoms with van der Waals surface area (Å²) in [4.78, 5) is 2.64. The van der Waals surface area contributed by atoms with Gasteiger partial charge in [-0.1, -0.05) is 34.6 Å². The smallest absolute Gasteiger partial charge is 0.0112 e.